The van der Waals surface area contributed by atoms with Crippen LogP contribution in [0.15, 0.2) is 53.7 Å². The van der Waals surface area contributed by atoms with E-state index in [0.717, 1.165) is 22.4 Å². The molecule has 2 heterocycles. The summed E-state index contributed by atoms with van der Waals surface area (Å²) in [7, 11) is 1.60. The molecule has 3 rings (SSSR count). The molecule has 0 aliphatic carbocycles. The number of carbonyl (C=O) groups is 1. The zero-order valence-corrected chi connectivity index (χ0v) is 16.6. The minimum atomic E-state index is -0.295. The highest BCUT2D eigenvalue weighted by Crippen LogP contribution is 2.30. The number of ether oxygens (including phenoxy) is 1. The number of benzene rings is 1. The van der Waals surface area contributed by atoms with Crippen LogP contribution in [-0.4, -0.2) is 29.2 Å². The van der Waals surface area contributed by atoms with Gasteiger partial charge in [0.05, 0.1) is 25.5 Å². The van der Waals surface area contributed by atoms with Gasteiger partial charge in [0.1, 0.15) is 11.5 Å². The molecule has 0 spiro atoms. The fraction of sp³-hybridized carbons (Fsp3) is 0.200. The Labute approximate surface area is 168 Å². The molecule has 3 aromatic rings. The predicted molar refractivity (Wildman–Crippen MR) is 112 cm³/mol. The van der Waals surface area contributed by atoms with Crippen molar-refractivity contribution in [1.82, 2.24) is 20.7 Å². The number of hydrazine groups is 1. The number of nitrogens with one attached hydrogen (secondary N) is 3. The topological polar surface area (TPSA) is 80.5 Å². The molecule has 0 unspecified atom stereocenters. The number of hydrogen-bond acceptors (Lipinski definition) is 4. The van der Waals surface area contributed by atoms with Crippen molar-refractivity contribution < 1.29 is 13.9 Å². The number of fused-ring (bicyclic) bond motifs is 1. The van der Waals surface area contributed by atoms with Crippen molar-refractivity contribution in [2.24, 2.45) is 0 Å². The largest absolute Gasteiger partial charge is 0.497 e. The van der Waals surface area contributed by atoms with Gasteiger partial charge in [0.25, 0.3) is 5.91 Å². The van der Waals surface area contributed by atoms with Crippen LogP contribution in [0, 0.1) is 6.92 Å². The molecule has 0 bridgehead atoms. The summed E-state index contributed by atoms with van der Waals surface area (Å²) in [5, 5.41) is 3.99. The summed E-state index contributed by atoms with van der Waals surface area (Å²) in [6.07, 6.45) is 3.31. The first-order valence-electron chi connectivity index (χ1n) is 8.69. The molecule has 3 N–H and O–H groups in total. The number of methoxy groups -OCH3 is 1. The molecule has 0 atom stereocenters. The van der Waals surface area contributed by atoms with Gasteiger partial charge in [0.2, 0.25) is 0 Å². The lowest BCUT2D eigenvalue weighted by atomic mass is 10.1. The molecular formula is C20H22N4O3S. The summed E-state index contributed by atoms with van der Waals surface area (Å²) in [4.78, 5) is 12.9. The van der Waals surface area contributed by atoms with E-state index in [1.807, 2.05) is 41.8 Å². The van der Waals surface area contributed by atoms with Crippen LogP contribution in [-0.2, 0) is 6.54 Å². The number of aromatic nitrogens is 1. The maximum atomic E-state index is 12.9. The lowest BCUT2D eigenvalue weighted by Gasteiger charge is -2.11. The van der Waals surface area contributed by atoms with E-state index in [0.29, 0.717) is 29.5 Å². The molecule has 0 aliphatic rings. The first-order chi connectivity index (χ1) is 13.5. The molecule has 8 heteroatoms. The monoisotopic (exact) mass is 398 g/mol. The van der Waals surface area contributed by atoms with Gasteiger partial charge in [-0.1, -0.05) is 6.08 Å². The maximum absolute atomic E-state index is 12.9. The van der Waals surface area contributed by atoms with Crippen molar-refractivity contribution in [2.45, 2.75) is 13.5 Å². The summed E-state index contributed by atoms with van der Waals surface area (Å²) < 4.78 is 12.9. The van der Waals surface area contributed by atoms with E-state index in [2.05, 4.69) is 22.7 Å². The first kappa shape index (κ1) is 19.5. The summed E-state index contributed by atoms with van der Waals surface area (Å²) in [6, 6.07) is 9.40. The van der Waals surface area contributed by atoms with Crippen LogP contribution >= 0.6 is 12.2 Å². The fourth-order valence-corrected chi connectivity index (χ4v) is 3.16. The van der Waals surface area contributed by atoms with Gasteiger partial charge in [-0.3, -0.25) is 15.6 Å². The van der Waals surface area contributed by atoms with Gasteiger partial charge < -0.3 is 19.0 Å². The standard InChI is InChI=1S/C20H22N4O3S/c1-4-9-21-20(28)23-22-19(25)18-13(2)24(12-15-6-5-10-27-15)17-8-7-14(26-3)11-16(17)18/h4-8,10-11H,1,9,12H2,2-3H3,(H,22,25)(H2,21,23,28). The van der Waals surface area contributed by atoms with E-state index < -0.39 is 0 Å². The minimum absolute atomic E-state index is 0.295. The molecular weight excluding hydrogens is 376 g/mol. The van der Waals surface area contributed by atoms with Crippen LogP contribution in [0.25, 0.3) is 10.9 Å². The Bertz CT molecular complexity index is 1010. The number of furan rings is 1. The van der Waals surface area contributed by atoms with Crippen molar-refractivity contribution in [3.05, 3.63) is 66.3 Å². The van der Waals surface area contributed by atoms with E-state index in [9.17, 15) is 4.79 Å². The number of amides is 1. The number of thiocarbonyl (C=S) groups is 1. The molecule has 7 nitrogen and oxygen atoms in total. The van der Waals surface area contributed by atoms with Crippen LogP contribution in [0.2, 0.25) is 0 Å². The summed E-state index contributed by atoms with van der Waals surface area (Å²) in [6.45, 7) is 6.53. The average molecular weight is 398 g/mol. The third kappa shape index (κ3) is 4.01. The maximum Gasteiger partial charge on any atom is 0.272 e. The minimum Gasteiger partial charge on any atom is -0.497 e. The fourth-order valence-electron chi connectivity index (χ4n) is 3.02. The summed E-state index contributed by atoms with van der Waals surface area (Å²) in [5.41, 5.74) is 7.61. The lowest BCUT2D eigenvalue weighted by Crippen LogP contribution is -2.46. The highest BCUT2D eigenvalue weighted by molar-refractivity contribution is 7.80. The second kappa shape index (κ2) is 8.62. The smallest absolute Gasteiger partial charge is 0.272 e. The zero-order chi connectivity index (χ0) is 20.1. The third-order valence-electron chi connectivity index (χ3n) is 4.35. The molecule has 0 aliphatic heterocycles. The Balaban J connectivity index is 1.95. The molecule has 146 valence electrons. The van der Waals surface area contributed by atoms with Crippen molar-refractivity contribution >= 4 is 34.1 Å². The molecule has 0 saturated carbocycles. The quantitative estimate of drug-likeness (QED) is 0.337. The van der Waals surface area contributed by atoms with Crippen LogP contribution < -0.4 is 20.9 Å². The predicted octanol–water partition coefficient (Wildman–Crippen LogP) is 2.89. The molecule has 28 heavy (non-hydrogen) atoms. The van der Waals surface area contributed by atoms with E-state index >= 15 is 0 Å². The first-order valence-corrected chi connectivity index (χ1v) is 9.10. The molecule has 0 radical (unpaired) electrons. The number of rotatable bonds is 6. The summed E-state index contributed by atoms with van der Waals surface area (Å²) in [5.74, 6) is 1.18. The van der Waals surface area contributed by atoms with Gasteiger partial charge in [-0.05, 0) is 49.5 Å². The lowest BCUT2D eigenvalue weighted by molar-refractivity contribution is 0.0944. The van der Waals surface area contributed by atoms with Crippen LogP contribution in [0.3, 0.4) is 0 Å². The van der Waals surface area contributed by atoms with Crippen LogP contribution in [0.5, 0.6) is 5.75 Å². The Kier molecular flexibility index (Phi) is 6.00. The van der Waals surface area contributed by atoms with Gasteiger partial charge >= 0.3 is 0 Å². The second-order valence-electron chi connectivity index (χ2n) is 6.09. The summed E-state index contributed by atoms with van der Waals surface area (Å²) >= 11 is 5.12. The average Bonchev–Trinajstić information content (AvgIpc) is 3.31. The van der Waals surface area contributed by atoms with Gasteiger partial charge in [0, 0.05) is 23.1 Å². The van der Waals surface area contributed by atoms with Crippen LogP contribution in [0.1, 0.15) is 21.8 Å². The Morgan fingerprint density at radius 3 is 2.86 bits per heavy atom. The van der Waals surface area contributed by atoms with Gasteiger partial charge in [-0.15, -0.1) is 6.58 Å². The Morgan fingerprint density at radius 1 is 1.36 bits per heavy atom. The zero-order valence-electron chi connectivity index (χ0n) is 15.7. The number of carbonyl (C=O) groups excluding carboxylic acids is 1. The SMILES string of the molecule is C=CCNC(=S)NNC(=O)c1c(C)n(Cc2ccco2)c2ccc(OC)cc12. The van der Waals surface area contributed by atoms with Crippen molar-refractivity contribution in [1.29, 1.82) is 0 Å². The van der Waals surface area contributed by atoms with E-state index in [4.69, 9.17) is 21.4 Å². The van der Waals surface area contributed by atoms with Gasteiger partial charge in [-0.25, -0.2) is 0 Å². The second-order valence-corrected chi connectivity index (χ2v) is 6.50. The van der Waals surface area contributed by atoms with Crippen molar-refractivity contribution in [2.75, 3.05) is 13.7 Å². The van der Waals surface area contributed by atoms with Gasteiger partial charge in [0.15, 0.2) is 5.11 Å². The van der Waals surface area contributed by atoms with E-state index in [-0.39, 0.29) is 5.91 Å². The number of nitrogens with zero attached hydrogens (tertiary/aromatic N) is 1. The van der Waals surface area contributed by atoms with Crippen molar-refractivity contribution in [3.8, 4) is 5.75 Å². The van der Waals surface area contributed by atoms with Crippen LogP contribution in [0.4, 0.5) is 0 Å². The van der Waals surface area contributed by atoms with Gasteiger partial charge in [-0.2, -0.15) is 0 Å². The highest BCUT2D eigenvalue weighted by atomic mass is 32.1. The molecule has 2 aromatic heterocycles. The van der Waals surface area contributed by atoms with Crippen molar-refractivity contribution in [3.63, 3.8) is 0 Å². The molecule has 1 aromatic carbocycles. The Hall–Kier alpha value is -3.26. The normalized spacial score (nSPS) is 10.5. The Morgan fingerprint density at radius 2 is 2.18 bits per heavy atom. The van der Waals surface area contributed by atoms with E-state index in [1.165, 1.54) is 0 Å². The molecule has 1 amide bonds. The highest BCUT2D eigenvalue weighted by Gasteiger charge is 2.21. The molecule has 0 fully saturated rings. The molecule has 0 saturated heterocycles. The third-order valence-corrected chi connectivity index (χ3v) is 4.59. The number of hydrogen-bond donors (Lipinski definition) is 3. The van der Waals surface area contributed by atoms with E-state index in [1.54, 1.807) is 19.4 Å².